The first kappa shape index (κ1) is 17.6. The Balaban J connectivity index is 2.34. The number of carbonyl (C=O) groups is 1. The molecule has 0 aromatic heterocycles. The SMILES string of the molecule is CC(C)(C)OC(=O)N1CCc2cc(N)ccc2CC1C(C)(C)C. The fourth-order valence-corrected chi connectivity index (χ4v) is 3.11. The van der Waals surface area contributed by atoms with Crippen molar-refractivity contribution in [3.05, 3.63) is 29.3 Å². The van der Waals surface area contributed by atoms with Gasteiger partial charge >= 0.3 is 6.09 Å². The van der Waals surface area contributed by atoms with Gasteiger partial charge in [-0.15, -0.1) is 0 Å². The number of amides is 1. The number of hydrogen-bond donors (Lipinski definition) is 1. The van der Waals surface area contributed by atoms with E-state index >= 15 is 0 Å². The average molecular weight is 318 g/mol. The molecule has 0 spiro atoms. The van der Waals surface area contributed by atoms with Gasteiger partial charge in [-0.05, 0) is 62.3 Å². The van der Waals surface area contributed by atoms with Gasteiger partial charge in [-0.1, -0.05) is 26.8 Å². The number of nitrogens with two attached hydrogens (primary N) is 1. The van der Waals surface area contributed by atoms with Crippen molar-refractivity contribution in [2.24, 2.45) is 5.41 Å². The van der Waals surface area contributed by atoms with Crippen LogP contribution in [0.3, 0.4) is 0 Å². The molecule has 2 N–H and O–H groups in total. The third kappa shape index (κ3) is 4.40. The van der Waals surface area contributed by atoms with Crippen LogP contribution < -0.4 is 5.73 Å². The van der Waals surface area contributed by atoms with Crippen molar-refractivity contribution in [3.8, 4) is 0 Å². The van der Waals surface area contributed by atoms with Gasteiger partial charge in [0.15, 0.2) is 0 Å². The van der Waals surface area contributed by atoms with Gasteiger partial charge < -0.3 is 15.4 Å². The van der Waals surface area contributed by atoms with E-state index in [1.54, 1.807) is 0 Å². The van der Waals surface area contributed by atoms with Crippen LogP contribution in [0.4, 0.5) is 10.5 Å². The summed E-state index contributed by atoms with van der Waals surface area (Å²) in [5.41, 5.74) is 8.72. The van der Waals surface area contributed by atoms with Gasteiger partial charge in [0.25, 0.3) is 0 Å². The number of rotatable bonds is 0. The Morgan fingerprint density at radius 1 is 1.17 bits per heavy atom. The van der Waals surface area contributed by atoms with E-state index in [0.717, 1.165) is 18.5 Å². The van der Waals surface area contributed by atoms with Gasteiger partial charge in [-0.2, -0.15) is 0 Å². The zero-order chi connectivity index (χ0) is 17.4. The first-order valence-electron chi connectivity index (χ1n) is 8.34. The van der Waals surface area contributed by atoms with E-state index in [-0.39, 0.29) is 17.6 Å². The molecule has 1 unspecified atom stereocenters. The van der Waals surface area contributed by atoms with Gasteiger partial charge in [0.2, 0.25) is 0 Å². The summed E-state index contributed by atoms with van der Waals surface area (Å²) >= 11 is 0. The van der Waals surface area contributed by atoms with E-state index in [9.17, 15) is 4.79 Å². The lowest BCUT2D eigenvalue weighted by molar-refractivity contribution is 0.00354. The van der Waals surface area contributed by atoms with E-state index in [4.69, 9.17) is 10.5 Å². The summed E-state index contributed by atoms with van der Waals surface area (Å²) in [6, 6.07) is 6.18. The Morgan fingerprint density at radius 3 is 2.39 bits per heavy atom. The predicted octanol–water partition coefficient (Wildman–Crippen LogP) is 4.02. The number of carbonyl (C=O) groups excluding carboxylic acids is 1. The molecule has 1 heterocycles. The van der Waals surface area contributed by atoms with E-state index in [0.29, 0.717) is 6.54 Å². The largest absolute Gasteiger partial charge is 0.444 e. The summed E-state index contributed by atoms with van der Waals surface area (Å²) in [5, 5.41) is 0. The highest BCUT2D eigenvalue weighted by Gasteiger charge is 2.37. The van der Waals surface area contributed by atoms with Crippen molar-refractivity contribution < 1.29 is 9.53 Å². The molecule has 1 aliphatic rings. The molecular weight excluding hydrogens is 288 g/mol. The first-order valence-corrected chi connectivity index (χ1v) is 8.34. The van der Waals surface area contributed by atoms with Crippen molar-refractivity contribution in [2.75, 3.05) is 12.3 Å². The highest BCUT2D eigenvalue weighted by atomic mass is 16.6. The topological polar surface area (TPSA) is 55.6 Å². The second kappa shape index (κ2) is 6.06. The lowest BCUT2D eigenvalue weighted by atomic mass is 9.82. The fourth-order valence-electron chi connectivity index (χ4n) is 3.11. The summed E-state index contributed by atoms with van der Waals surface area (Å²) in [4.78, 5) is 14.6. The number of ether oxygens (including phenoxy) is 1. The summed E-state index contributed by atoms with van der Waals surface area (Å²) in [6.45, 7) is 12.9. The van der Waals surface area contributed by atoms with Crippen LogP contribution in [0.5, 0.6) is 0 Å². The molecule has 1 amide bonds. The van der Waals surface area contributed by atoms with Crippen molar-refractivity contribution in [1.29, 1.82) is 0 Å². The Labute approximate surface area is 140 Å². The van der Waals surface area contributed by atoms with Crippen LogP contribution in [0.15, 0.2) is 18.2 Å². The Morgan fingerprint density at radius 2 is 1.83 bits per heavy atom. The van der Waals surface area contributed by atoms with E-state index < -0.39 is 5.60 Å². The molecule has 0 fully saturated rings. The number of hydrogen-bond acceptors (Lipinski definition) is 3. The molecule has 23 heavy (non-hydrogen) atoms. The molecule has 0 aliphatic carbocycles. The van der Waals surface area contributed by atoms with Crippen LogP contribution in [0, 0.1) is 5.41 Å². The van der Waals surface area contributed by atoms with Gasteiger partial charge in [0.05, 0.1) is 0 Å². The van der Waals surface area contributed by atoms with Gasteiger partial charge in [-0.25, -0.2) is 4.79 Å². The maximum Gasteiger partial charge on any atom is 0.410 e. The standard InChI is InChI=1S/C19H30N2O2/c1-18(2,3)16-12-13-7-8-15(20)11-14(13)9-10-21(16)17(22)23-19(4,5)6/h7-8,11,16H,9-10,12,20H2,1-6H3. The Kier molecular flexibility index (Phi) is 4.65. The second-order valence-electron chi connectivity index (χ2n) is 8.54. The predicted molar refractivity (Wildman–Crippen MR) is 94.4 cm³/mol. The average Bonchev–Trinajstić information content (AvgIpc) is 2.55. The summed E-state index contributed by atoms with van der Waals surface area (Å²) in [6.07, 6.45) is 1.42. The summed E-state index contributed by atoms with van der Waals surface area (Å²) < 4.78 is 5.64. The molecule has 1 atom stereocenters. The van der Waals surface area contributed by atoms with Crippen molar-refractivity contribution >= 4 is 11.8 Å². The van der Waals surface area contributed by atoms with Crippen LogP contribution in [-0.2, 0) is 17.6 Å². The number of nitrogen functional groups attached to an aromatic ring is 1. The highest BCUT2D eigenvalue weighted by molar-refractivity contribution is 5.69. The van der Waals surface area contributed by atoms with Crippen molar-refractivity contribution in [2.45, 2.75) is 66.0 Å². The normalized spacial score (nSPS) is 19.0. The van der Waals surface area contributed by atoms with E-state index in [1.807, 2.05) is 37.8 Å². The van der Waals surface area contributed by atoms with Crippen LogP contribution in [0.25, 0.3) is 0 Å². The van der Waals surface area contributed by atoms with Crippen molar-refractivity contribution in [1.82, 2.24) is 4.90 Å². The lowest BCUT2D eigenvalue weighted by Gasteiger charge is -2.39. The molecule has 0 bridgehead atoms. The molecule has 0 radical (unpaired) electrons. The fraction of sp³-hybridized carbons (Fsp3) is 0.632. The van der Waals surface area contributed by atoms with Crippen LogP contribution in [-0.4, -0.2) is 29.2 Å². The smallest absolute Gasteiger partial charge is 0.410 e. The molecule has 128 valence electrons. The molecule has 0 saturated carbocycles. The quantitative estimate of drug-likeness (QED) is 0.735. The maximum atomic E-state index is 12.7. The van der Waals surface area contributed by atoms with Gasteiger partial charge in [0.1, 0.15) is 5.60 Å². The zero-order valence-corrected chi connectivity index (χ0v) is 15.3. The molecule has 1 aromatic rings. The van der Waals surface area contributed by atoms with Gasteiger partial charge in [-0.3, -0.25) is 0 Å². The Hall–Kier alpha value is -1.71. The maximum absolute atomic E-state index is 12.7. The van der Waals surface area contributed by atoms with E-state index in [1.165, 1.54) is 11.1 Å². The van der Waals surface area contributed by atoms with Gasteiger partial charge in [0, 0.05) is 18.3 Å². The molecule has 4 heteroatoms. The lowest BCUT2D eigenvalue weighted by Crippen LogP contribution is -2.50. The number of anilines is 1. The minimum absolute atomic E-state index is 0.0279. The molecular formula is C19H30N2O2. The van der Waals surface area contributed by atoms with Crippen LogP contribution >= 0.6 is 0 Å². The van der Waals surface area contributed by atoms with Crippen LogP contribution in [0.1, 0.15) is 52.7 Å². The third-order valence-electron chi connectivity index (χ3n) is 4.27. The molecule has 4 nitrogen and oxygen atoms in total. The molecule has 0 saturated heterocycles. The molecule has 2 rings (SSSR count). The minimum Gasteiger partial charge on any atom is -0.444 e. The molecule has 1 aromatic carbocycles. The highest BCUT2D eigenvalue weighted by Crippen LogP contribution is 2.32. The second-order valence-corrected chi connectivity index (χ2v) is 8.54. The number of nitrogens with zero attached hydrogens (tertiary/aromatic N) is 1. The minimum atomic E-state index is -0.483. The summed E-state index contributed by atoms with van der Waals surface area (Å²) in [7, 11) is 0. The van der Waals surface area contributed by atoms with Crippen molar-refractivity contribution in [3.63, 3.8) is 0 Å². The zero-order valence-electron chi connectivity index (χ0n) is 15.3. The number of benzene rings is 1. The molecule has 1 aliphatic heterocycles. The summed E-state index contributed by atoms with van der Waals surface area (Å²) in [5.74, 6) is 0. The monoisotopic (exact) mass is 318 g/mol. The third-order valence-corrected chi connectivity index (χ3v) is 4.27. The van der Waals surface area contributed by atoms with Crippen LogP contribution in [0.2, 0.25) is 0 Å². The Bertz CT molecular complexity index is 582. The number of fused-ring (bicyclic) bond motifs is 1. The first-order chi connectivity index (χ1) is 10.5. The van der Waals surface area contributed by atoms with E-state index in [2.05, 4.69) is 26.8 Å².